The Kier molecular flexibility index (Phi) is 3.62. The third kappa shape index (κ3) is 2.50. The Morgan fingerprint density at radius 1 is 1.05 bits per heavy atom. The quantitative estimate of drug-likeness (QED) is 0.589. The van der Waals surface area contributed by atoms with Crippen molar-refractivity contribution in [2.24, 2.45) is 0 Å². The highest BCUT2D eigenvalue weighted by Gasteiger charge is 2.19. The Labute approximate surface area is 126 Å². The van der Waals surface area contributed by atoms with E-state index in [4.69, 9.17) is 17.0 Å². The van der Waals surface area contributed by atoms with Crippen molar-refractivity contribution in [3.05, 3.63) is 58.6 Å². The zero-order valence-electron chi connectivity index (χ0n) is 10.9. The van der Waals surface area contributed by atoms with E-state index in [1.54, 1.807) is 18.4 Å². The number of ether oxygens (including phenoxy) is 1. The fraction of sp³-hybridized carbons (Fsp3) is 0.0667. The number of methoxy groups -OCH3 is 1. The van der Waals surface area contributed by atoms with Crippen LogP contribution in [0.4, 0.5) is 0 Å². The molecular weight excluding hydrogens is 288 g/mol. The van der Waals surface area contributed by atoms with Gasteiger partial charge in [-0.25, -0.2) is 0 Å². The smallest absolute Gasteiger partial charge is 0.301 e. The van der Waals surface area contributed by atoms with Crippen LogP contribution in [0.2, 0.25) is 0 Å². The van der Waals surface area contributed by atoms with Crippen LogP contribution in [-0.4, -0.2) is 12.2 Å². The Balaban J connectivity index is 2.12. The zero-order valence-corrected chi connectivity index (χ0v) is 12.5. The SMILES string of the molecule is COc1ccc(-c2sc(=S)[nH][n+]2-c2ccccc2)cc1. The highest BCUT2D eigenvalue weighted by Crippen LogP contribution is 2.24. The van der Waals surface area contributed by atoms with E-state index < -0.39 is 0 Å². The summed E-state index contributed by atoms with van der Waals surface area (Å²) in [5.74, 6) is 0.846. The number of hydrogen-bond acceptors (Lipinski definition) is 3. The average Bonchev–Trinajstić information content (AvgIpc) is 2.90. The topological polar surface area (TPSA) is 28.9 Å². The van der Waals surface area contributed by atoms with Crippen molar-refractivity contribution in [1.29, 1.82) is 0 Å². The standard InChI is InChI=1S/C15H12N2OS2/c1-18-13-9-7-11(8-10-13)14-17(16-15(19)20-14)12-5-3-2-4-6-12/h2-10H,1H3/p+1. The first-order valence-electron chi connectivity index (χ1n) is 6.13. The summed E-state index contributed by atoms with van der Waals surface area (Å²) in [5, 5.41) is 4.28. The van der Waals surface area contributed by atoms with Crippen LogP contribution in [0, 0.1) is 3.95 Å². The first-order valence-corrected chi connectivity index (χ1v) is 7.35. The van der Waals surface area contributed by atoms with E-state index in [1.807, 2.05) is 59.3 Å². The summed E-state index contributed by atoms with van der Waals surface area (Å²) < 4.78 is 7.95. The van der Waals surface area contributed by atoms with E-state index >= 15 is 0 Å². The van der Waals surface area contributed by atoms with Gasteiger partial charge in [0, 0.05) is 12.1 Å². The van der Waals surface area contributed by atoms with Gasteiger partial charge in [0.2, 0.25) is 9.64 Å². The molecule has 0 aliphatic rings. The molecule has 1 aromatic heterocycles. The van der Waals surface area contributed by atoms with Crippen LogP contribution in [0.1, 0.15) is 0 Å². The number of hydrogen-bond donors (Lipinski definition) is 1. The lowest BCUT2D eigenvalue weighted by molar-refractivity contribution is -0.643. The molecule has 0 unspecified atom stereocenters. The predicted molar refractivity (Wildman–Crippen MR) is 83.0 cm³/mol. The summed E-state index contributed by atoms with van der Waals surface area (Å²) in [6, 6.07) is 18.1. The Bertz CT molecular complexity index is 761. The van der Waals surface area contributed by atoms with Gasteiger partial charge in [0.25, 0.3) is 0 Å². The van der Waals surface area contributed by atoms with Crippen LogP contribution in [0.3, 0.4) is 0 Å². The van der Waals surface area contributed by atoms with Crippen LogP contribution in [0.5, 0.6) is 5.75 Å². The van der Waals surface area contributed by atoms with Crippen molar-refractivity contribution in [3.63, 3.8) is 0 Å². The second-order valence-electron chi connectivity index (χ2n) is 4.21. The number of aromatic amines is 1. The van der Waals surface area contributed by atoms with Crippen LogP contribution >= 0.6 is 23.6 Å². The van der Waals surface area contributed by atoms with E-state index in [0.29, 0.717) is 0 Å². The van der Waals surface area contributed by atoms with E-state index in [9.17, 15) is 0 Å². The predicted octanol–water partition coefficient (Wildman–Crippen LogP) is 3.76. The number of H-pyrrole nitrogens is 1. The lowest BCUT2D eigenvalue weighted by Crippen LogP contribution is -2.34. The van der Waals surface area contributed by atoms with Crippen molar-refractivity contribution in [1.82, 2.24) is 5.10 Å². The van der Waals surface area contributed by atoms with Crippen molar-refractivity contribution in [2.45, 2.75) is 0 Å². The third-order valence-electron chi connectivity index (χ3n) is 2.95. The van der Waals surface area contributed by atoms with E-state index in [2.05, 4.69) is 5.10 Å². The summed E-state index contributed by atoms with van der Waals surface area (Å²) >= 11 is 6.84. The number of para-hydroxylation sites is 1. The summed E-state index contributed by atoms with van der Waals surface area (Å²) in [5.41, 5.74) is 2.16. The van der Waals surface area contributed by atoms with Crippen LogP contribution in [0.15, 0.2) is 54.6 Å². The summed E-state index contributed by atoms with van der Waals surface area (Å²) in [6.45, 7) is 0. The molecule has 0 radical (unpaired) electrons. The molecule has 1 N–H and O–H groups in total. The van der Waals surface area contributed by atoms with Gasteiger partial charge in [0.1, 0.15) is 5.75 Å². The molecule has 0 fully saturated rings. The van der Waals surface area contributed by atoms with Crippen LogP contribution in [0.25, 0.3) is 16.3 Å². The van der Waals surface area contributed by atoms with E-state index in [0.717, 1.165) is 26.0 Å². The molecule has 0 aliphatic carbocycles. The normalized spacial score (nSPS) is 10.4. The second kappa shape index (κ2) is 5.56. The molecular formula is C15H13N2OS2+. The number of nitrogens with zero attached hydrogens (tertiary/aromatic N) is 1. The summed E-state index contributed by atoms with van der Waals surface area (Å²) in [4.78, 5) is 0. The second-order valence-corrected chi connectivity index (χ2v) is 5.87. The maximum atomic E-state index is 5.29. The molecule has 0 spiro atoms. The van der Waals surface area contributed by atoms with Gasteiger partial charge < -0.3 is 4.74 Å². The van der Waals surface area contributed by atoms with Gasteiger partial charge in [0.15, 0.2) is 0 Å². The third-order valence-corrected chi connectivity index (χ3v) is 4.18. The fourth-order valence-corrected chi connectivity index (χ4v) is 3.12. The highest BCUT2D eigenvalue weighted by atomic mass is 32.1. The number of aromatic nitrogens is 2. The van der Waals surface area contributed by atoms with E-state index in [-0.39, 0.29) is 0 Å². The van der Waals surface area contributed by atoms with Crippen molar-refractivity contribution in [3.8, 4) is 22.0 Å². The lowest BCUT2D eigenvalue weighted by Gasteiger charge is -2.00. The van der Waals surface area contributed by atoms with Gasteiger partial charge in [-0.2, -0.15) is 0 Å². The van der Waals surface area contributed by atoms with Gasteiger partial charge in [-0.15, -0.1) is 5.10 Å². The fourth-order valence-electron chi connectivity index (χ4n) is 1.98. The van der Waals surface area contributed by atoms with Gasteiger partial charge in [-0.1, -0.05) is 22.9 Å². The van der Waals surface area contributed by atoms with Gasteiger partial charge in [-0.3, -0.25) is 0 Å². The molecule has 2 aromatic carbocycles. The minimum atomic E-state index is 0.750. The highest BCUT2D eigenvalue weighted by molar-refractivity contribution is 7.73. The first-order chi connectivity index (χ1) is 9.78. The lowest BCUT2D eigenvalue weighted by atomic mass is 10.2. The molecule has 1 heterocycles. The molecule has 3 nitrogen and oxygen atoms in total. The Morgan fingerprint density at radius 3 is 2.40 bits per heavy atom. The molecule has 0 saturated carbocycles. The van der Waals surface area contributed by atoms with Crippen molar-refractivity contribution in [2.75, 3.05) is 7.11 Å². The minimum Gasteiger partial charge on any atom is -0.497 e. The molecule has 3 rings (SSSR count). The van der Waals surface area contributed by atoms with E-state index in [1.165, 1.54) is 0 Å². The molecule has 0 bridgehead atoms. The molecule has 0 aliphatic heterocycles. The molecule has 0 amide bonds. The number of nitrogens with one attached hydrogen (secondary N) is 1. The molecule has 0 atom stereocenters. The van der Waals surface area contributed by atoms with Crippen LogP contribution < -0.4 is 9.42 Å². The zero-order chi connectivity index (χ0) is 13.9. The Hall–Kier alpha value is -1.98. The summed E-state index contributed by atoms with van der Waals surface area (Å²) in [7, 11) is 1.67. The number of benzene rings is 2. The molecule has 5 heteroatoms. The Morgan fingerprint density at radius 2 is 1.75 bits per heavy atom. The number of rotatable bonds is 3. The van der Waals surface area contributed by atoms with Gasteiger partial charge in [-0.05, 0) is 47.8 Å². The van der Waals surface area contributed by atoms with Gasteiger partial charge in [0.05, 0.1) is 12.7 Å². The van der Waals surface area contributed by atoms with Crippen molar-refractivity contribution < 1.29 is 9.42 Å². The first kappa shape index (κ1) is 13.0. The summed E-state index contributed by atoms with van der Waals surface area (Å²) in [6.07, 6.45) is 0. The maximum absolute atomic E-state index is 5.29. The molecule has 100 valence electrons. The monoisotopic (exact) mass is 301 g/mol. The van der Waals surface area contributed by atoms with Gasteiger partial charge >= 0.3 is 5.01 Å². The van der Waals surface area contributed by atoms with Crippen molar-refractivity contribution >= 4 is 23.6 Å². The molecule has 20 heavy (non-hydrogen) atoms. The molecule has 0 saturated heterocycles. The van der Waals surface area contributed by atoms with Crippen LogP contribution in [-0.2, 0) is 0 Å². The minimum absolute atomic E-state index is 0.750. The maximum Gasteiger partial charge on any atom is 0.301 e. The average molecular weight is 301 g/mol. The largest absolute Gasteiger partial charge is 0.497 e. The molecule has 3 aromatic rings.